The third-order valence-corrected chi connectivity index (χ3v) is 3.98. The topological polar surface area (TPSA) is 75.1 Å². The number of nitrogens with one attached hydrogen (secondary N) is 2. The van der Waals surface area contributed by atoms with Crippen molar-refractivity contribution in [3.8, 4) is 5.75 Å². The molecule has 0 atom stereocenters. The number of aliphatic imine (C=N–C) groups is 1. The van der Waals surface area contributed by atoms with Crippen LogP contribution in [0.4, 0.5) is 0 Å². The van der Waals surface area contributed by atoms with Crippen LogP contribution in [0, 0.1) is 12.3 Å². The van der Waals surface area contributed by atoms with E-state index >= 15 is 0 Å². The van der Waals surface area contributed by atoms with Crippen LogP contribution in [0.1, 0.15) is 18.1 Å². The summed E-state index contributed by atoms with van der Waals surface area (Å²) in [5, 5.41) is 16.0. The summed E-state index contributed by atoms with van der Waals surface area (Å²) in [4.78, 5) is 4.61. The second kappa shape index (κ2) is 10.0. The van der Waals surface area contributed by atoms with Crippen LogP contribution in [0.25, 0.3) is 0 Å². The number of aliphatic hydroxyl groups is 1. The Balaban J connectivity index is 0.00000288. The molecule has 1 aliphatic rings. The average molecular weight is 449 g/mol. The quantitative estimate of drug-likeness (QED) is 0.336. The van der Waals surface area contributed by atoms with E-state index in [1.165, 1.54) is 0 Å². The zero-order valence-electron chi connectivity index (χ0n) is 14.6. The van der Waals surface area contributed by atoms with Gasteiger partial charge in [0.05, 0.1) is 38.9 Å². The predicted octanol–water partition coefficient (Wildman–Crippen LogP) is 1.69. The largest absolute Gasteiger partial charge is 0.496 e. The van der Waals surface area contributed by atoms with Crippen LogP contribution in [-0.4, -0.2) is 51.1 Å². The first kappa shape index (κ1) is 21.0. The highest BCUT2D eigenvalue weighted by molar-refractivity contribution is 14.0. The second-order valence-corrected chi connectivity index (χ2v) is 6.01. The monoisotopic (exact) mass is 449 g/mol. The van der Waals surface area contributed by atoms with Gasteiger partial charge in [0.15, 0.2) is 5.96 Å². The van der Waals surface area contributed by atoms with Crippen LogP contribution in [0.15, 0.2) is 23.2 Å². The molecule has 2 rings (SSSR count). The normalized spacial score (nSPS) is 15.9. The molecule has 0 unspecified atom stereocenters. The van der Waals surface area contributed by atoms with Gasteiger partial charge in [-0.15, -0.1) is 24.0 Å². The maximum atomic E-state index is 9.48. The number of hydrogen-bond acceptors (Lipinski definition) is 4. The number of methoxy groups -OCH3 is 1. The molecule has 0 radical (unpaired) electrons. The van der Waals surface area contributed by atoms with Gasteiger partial charge in [0, 0.05) is 18.7 Å². The molecule has 0 aromatic heterocycles. The number of aryl methyl sites for hydroxylation is 1. The van der Waals surface area contributed by atoms with Crippen molar-refractivity contribution < 1.29 is 14.6 Å². The van der Waals surface area contributed by atoms with Crippen LogP contribution in [0.2, 0.25) is 0 Å². The van der Waals surface area contributed by atoms with Crippen LogP contribution in [-0.2, 0) is 11.3 Å². The van der Waals surface area contributed by atoms with E-state index in [9.17, 15) is 5.11 Å². The molecule has 24 heavy (non-hydrogen) atoms. The number of guanidine groups is 1. The minimum atomic E-state index is -0.183. The molecule has 0 bridgehead atoms. The Bertz CT molecular complexity index is 542. The average Bonchev–Trinajstić information content (AvgIpc) is 2.52. The van der Waals surface area contributed by atoms with Gasteiger partial charge < -0.3 is 25.2 Å². The van der Waals surface area contributed by atoms with Crippen molar-refractivity contribution in [1.29, 1.82) is 0 Å². The van der Waals surface area contributed by atoms with E-state index in [-0.39, 0.29) is 36.0 Å². The zero-order valence-corrected chi connectivity index (χ0v) is 16.9. The smallest absolute Gasteiger partial charge is 0.191 e. The molecule has 0 saturated carbocycles. The van der Waals surface area contributed by atoms with Crippen molar-refractivity contribution in [3.05, 3.63) is 29.3 Å². The summed E-state index contributed by atoms with van der Waals surface area (Å²) >= 11 is 0. The Morgan fingerprint density at radius 2 is 2.12 bits per heavy atom. The summed E-state index contributed by atoms with van der Waals surface area (Å²) in [7, 11) is 1.67. The summed E-state index contributed by atoms with van der Waals surface area (Å²) in [6, 6.07) is 6.11. The second-order valence-electron chi connectivity index (χ2n) is 6.01. The fourth-order valence-corrected chi connectivity index (χ4v) is 2.40. The number of ether oxygens (including phenoxy) is 2. The lowest BCUT2D eigenvalue weighted by Crippen LogP contribution is -2.54. The molecule has 6 nitrogen and oxygen atoms in total. The number of aliphatic hydroxyl groups excluding tert-OH is 1. The van der Waals surface area contributed by atoms with Gasteiger partial charge in [0.25, 0.3) is 0 Å². The number of nitrogens with zero attached hydrogens (tertiary/aromatic N) is 1. The minimum absolute atomic E-state index is 0. The fraction of sp³-hybridized carbons (Fsp3) is 0.588. The van der Waals surface area contributed by atoms with E-state index < -0.39 is 0 Å². The van der Waals surface area contributed by atoms with E-state index in [4.69, 9.17) is 9.47 Å². The van der Waals surface area contributed by atoms with Crippen LogP contribution in [0.5, 0.6) is 5.75 Å². The van der Waals surface area contributed by atoms with Crippen molar-refractivity contribution in [2.75, 3.05) is 40.0 Å². The van der Waals surface area contributed by atoms with Gasteiger partial charge in [0.1, 0.15) is 5.75 Å². The van der Waals surface area contributed by atoms with Crippen molar-refractivity contribution in [2.45, 2.75) is 20.4 Å². The molecule has 1 heterocycles. The number of hydrogen-bond donors (Lipinski definition) is 3. The first-order valence-electron chi connectivity index (χ1n) is 7.97. The summed E-state index contributed by atoms with van der Waals surface area (Å²) < 4.78 is 10.6. The molecule has 1 fully saturated rings. The Morgan fingerprint density at radius 3 is 2.67 bits per heavy atom. The highest BCUT2D eigenvalue weighted by atomic mass is 127. The molecule has 1 aromatic rings. The van der Waals surface area contributed by atoms with Gasteiger partial charge in [-0.05, 0) is 25.5 Å². The third-order valence-electron chi connectivity index (χ3n) is 3.98. The lowest BCUT2D eigenvalue weighted by Gasteiger charge is -2.40. The van der Waals surface area contributed by atoms with E-state index in [1.807, 2.05) is 26.0 Å². The summed E-state index contributed by atoms with van der Waals surface area (Å²) in [6.07, 6.45) is 0. The van der Waals surface area contributed by atoms with Crippen molar-refractivity contribution >= 4 is 29.9 Å². The van der Waals surface area contributed by atoms with Gasteiger partial charge in [-0.1, -0.05) is 12.1 Å². The van der Waals surface area contributed by atoms with Crippen molar-refractivity contribution in [2.24, 2.45) is 10.4 Å². The number of halogens is 1. The van der Waals surface area contributed by atoms with Crippen LogP contribution in [0.3, 0.4) is 0 Å². The molecule has 7 heteroatoms. The Morgan fingerprint density at radius 1 is 1.38 bits per heavy atom. The highest BCUT2D eigenvalue weighted by Gasteiger charge is 2.38. The van der Waals surface area contributed by atoms with Gasteiger partial charge >= 0.3 is 0 Å². The van der Waals surface area contributed by atoms with Gasteiger partial charge in [-0.3, -0.25) is 0 Å². The molecule has 1 aliphatic heterocycles. The molecular formula is C17H28IN3O3. The molecule has 0 spiro atoms. The molecule has 1 aromatic carbocycles. The molecule has 0 aliphatic carbocycles. The summed E-state index contributed by atoms with van der Waals surface area (Å²) in [6.45, 7) is 7.30. The van der Waals surface area contributed by atoms with Crippen molar-refractivity contribution in [1.82, 2.24) is 10.6 Å². The van der Waals surface area contributed by atoms with Crippen molar-refractivity contribution in [3.63, 3.8) is 0 Å². The van der Waals surface area contributed by atoms with E-state index in [2.05, 4.69) is 21.7 Å². The highest BCUT2D eigenvalue weighted by Crippen LogP contribution is 2.25. The van der Waals surface area contributed by atoms with E-state index in [0.29, 0.717) is 26.3 Å². The maximum absolute atomic E-state index is 9.48. The number of rotatable bonds is 7. The van der Waals surface area contributed by atoms with Gasteiger partial charge in [-0.25, -0.2) is 4.99 Å². The molecular weight excluding hydrogens is 421 g/mol. The molecule has 0 amide bonds. The predicted molar refractivity (Wildman–Crippen MR) is 106 cm³/mol. The number of benzene rings is 1. The maximum Gasteiger partial charge on any atom is 0.191 e. The first-order valence-corrected chi connectivity index (χ1v) is 7.97. The Hall–Kier alpha value is -1.06. The molecule has 3 N–H and O–H groups in total. The van der Waals surface area contributed by atoms with Crippen LogP contribution < -0.4 is 15.4 Å². The Kier molecular flexibility index (Phi) is 8.79. The molecule has 136 valence electrons. The van der Waals surface area contributed by atoms with Crippen LogP contribution >= 0.6 is 24.0 Å². The zero-order chi connectivity index (χ0) is 16.7. The SMILES string of the molecule is CCNC(=NCc1ccc(C)cc1OC)NCC1(CO)COC1.I. The minimum Gasteiger partial charge on any atom is -0.496 e. The van der Waals surface area contributed by atoms with E-state index in [0.717, 1.165) is 29.4 Å². The third kappa shape index (κ3) is 5.49. The van der Waals surface area contributed by atoms with Gasteiger partial charge in [-0.2, -0.15) is 0 Å². The lowest BCUT2D eigenvalue weighted by atomic mass is 9.87. The summed E-state index contributed by atoms with van der Waals surface area (Å²) in [5.41, 5.74) is 2.02. The molecule has 1 saturated heterocycles. The summed E-state index contributed by atoms with van der Waals surface area (Å²) in [5.74, 6) is 1.58. The van der Waals surface area contributed by atoms with E-state index in [1.54, 1.807) is 7.11 Å². The standard InChI is InChI=1S/C17H27N3O3.HI/c1-4-18-16(20-9-17(10-21)11-23-12-17)19-8-14-6-5-13(2)7-15(14)22-3;/h5-7,21H,4,8-12H2,1-3H3,(H2,18,19,20);1H. The van der Waals surface area contributed by atoms with Gasteiger partial charge in [0.2, 0.25) is 0 Å². The Labute approximate surface area is 161 Å². The lowest BCUT2D eigenvalue weighted by molar-refractivity contribution is -0.132. The fourth-order valence-electron chi connectivity index (χ4n) is 2.40. The first-order chi connectivity index (χ1) is 11.1.